The summed E-state index contributed by atoms with van der Waals surface area (Å²) in [6, 6.07) is 44.4. The van der Waals surface area contributed by atoms with Crippen LogP contribution in [0.15, 0.2) is 127 Å². The summed E-state index contributed by atoms with van der Waals surface area (Å²) in [6.07, 6.45) is 0. The number of aromatic nitrogens is 3. The van der Waals surface area contributed by atoms with Crippen molar-refractivity contribution in [1.29, 1.82) is 0 Å². The predicted molar refractivity (Wildman–Crippen MR) is 164 cm³/mol. The molecule has 4 heteroatoms. The Balaban J connectivity index is 1.35. The lowest BCUT2D eigenvalue weighted by Crippen LogP contribution is -1.99. The molecular weight excluding hydrogens is 494 g/mol. The minimum atomic E-state index is 0.674. The van der Waals surface area contributed by atoms with Crippen LogP contribution in [0.4, 0.5) is 0 Å². The lowest BCUT2D eigenvalue weighted by Gasteiger charge is -2.08. The number of hydrogen-bond donors (Lipinski definition) is 0. The molecule has 3 nitrogen and oxygen atoms in total. The summed E-state index contributed by atoms with van der Waals surface area (Å²) in [5.74, 6) is 2.03. The Hall–Kier alpha value is -4.93. The van der Waals surface area contributed by atoms with E-state index in [0.29, 0.717) is 17.5 Å². The van der Waals surface area contributed by atoms with Crippen molar-refractivity contribution in [1.82, 2.24) is 15.0 Å². The SMILES string of the molecule is c1ccc(-c2nc(-c3ccccc3)nc(-c3ccc4c(c3)sc3c4ccc4ccc5ccccc5c43)n2)cc1. The summed E-state index contributed by atoms with van der Waals surface area (Å²) in [5, 5.41) is 7.70. The van der Waals surface area contributed by atoms with Crippen LogP contribution in [0.1, 0.15) is 0 Å². The number of fused-ring (bicyclic) bond motifs is 7. The van der Waals surface area contributed by atoms with E-state index in [9.17, 15) is 0 Å². The minimum absolute atomic E-state index is 0.674. The van der Waals surface area contributed by atoms with Crippen molar-refractivity contribution in [3.8, 4) is 34.2 Å². The molecule has 2 aromatic heterocycles. The highest BCUT2D eigenvalue weighted by Gasteiger charge is 2.15. The van der Waals surface area contributed by atoms with Crippen LogP contribution in [0.2, 0.25) is 0 Å². The third-order valence-corrected chi connectivity index (χ3v) is 8.49. The Kier molecular flexibility index (Phi) is 5.00. The highest BCUT2D eigenvalue weighted by atomic mass is 32.1. The Bertz CT molecular complexity index is 2110. The van der Waals surface area contributed by atoms with Crippen LogP contribution in [0.3, 0.4) is 0 Å². The lowest BCUT2D eigenvalue weighted by atomic mass is 9.99. The molecule has 0 aliphatic carbocycles. The van der Waals surface area contributed by atoms with Gasteiger partial charge < -0.3 is 0 Å². The summed E-state index contributed by atoms with van der Waals surface area (Å²) < 4.78 is 2.55. The van der Waals surface area contributed by atoms with Gasteiger partial charge in [0.1, 0.15) is 0 Å². The molecule has 0 saturated heterocycles. The van der Waals surface area contributed by atoms with E-state index in [2.05, 4.69) is 66.7 Å². The van der Waals surface area contributed by atoms with E-state index < -0.39 is 0 Å². The molecule has 182 valence electrons. The van der Waals surface area contributed by atoms with Gasteiger partial charge in [0.25, 0.3) is 0 Å². The van der Waals surface area contributed by atoms with E-state index in [0.717, 1.165) is 16.7 Å². The van der Waals surface area contributed by atoms with Crippen molar-refractivity contribution in [3.05, 3.63) is 127 Å². The molecular formula is C35H21N3S. The number of thiophene rings is 1. The Labute approximate surface area is 229 Å². The monoisotopic (exact) mass is 515 g/mol. The van der Waals surface area contributed by atoms with Gasteiger partial charge in [-0.05, 0) is 22.2 Å². The van der Waals surface area contributed by atoms with E-state index in [4.69, 9.17) is 15.0 Å². The van der Waals surface area contributed by atoms with Crippen LogP contribution >= 0.6 is 11.3 Å². The first-order valence-corrected chi connectivity index (χ1v) is 13.8. The number of rotatable bonds is 3. The first kappa shape index (κ1) is 22.1. The summed E-state index contributed by atoms with van der Waals surface area (Å²) in [4.78, 5) is 14.7. The first-order chi connectivity index (χ1) is 19.3. The molecule has 0 aliphatic rings. The molecule has 0 atom stereocenters. The van der Waals surface area contributed by atoms with Gasteiger partial charge in [-0.2, -0.15) is 0 Å². The van der Waals surface area contributed by atoms with Crippen molar-refractivity contribution in [3.63, 3.8) is 0 Å². The van der Waals surface area contributed by atoms with Crippen molar-refractivity contribution >= 4 is 53.1 Å². The second-order valence-electron chi connectivity index (χ2n) is 9.68. The highest BCUT2D eigenvalue weighted by molar-refractivity contribution is 7.26. The van der Waals surface area contributed by atoms with Crippen LogP contribution in [0.5, 0.6) is 0 Å². The zero-order valence-electron chi connectivity index (χ0n) is 20.9. The predicted octanol–water partition coefficient (Wildman–Crippen LogP) is 9.55. The molecule has 0 unspecified atom stereocenters. The molecule has 8 aromatic rings. The van der Waals surface area contributed by atoms with Gasteiger partial charge in [-0.15, -0.1) is 11.3 Å². The van der Waals surface area contributed by atoms with Crippen LogP contribution in [-0.2, 0) is 0 Å². The molecule has 0 N–H and O–H groups in total. The van der Waals surface area contributed by atoms with Crippen molar-refractivity contribution in [2.24, 2.45) is 0 Å². The molecule has 0 saturated carbocycles. The van der Waals surface area contributed by atoms with E-state index in [1.165, 1.54) is 41.7 Å². The van der Waals surface area contributed by atoms with E-state index in [-0.39, 0.29) is 0 Å². The molecule has 0 spiro atoms. The van der Waals surface area contributed by atoms with Crippen molar-refractivity contribution < 1.29 is 0 Å². The van der Waals surface area contributed by atoms with Gasteiger partial charge in [0, 0.05) is 42.2 Å². The maximum absolute atomic E-state index is 4.93. The van der Waals surface area contributed by atoms with E-state index in [1.54, 1.807) is 0 Å². The van der Waals surface area contributed by atoms with Gasteiger partial charge in [0.15, 0.2) is 17.5 Å². The summed E-state index contributed by atoms with van der Waals surface area (Å²) in [6.45, 7) is 0. The van der Waals surface area contributed by atoms with E-state index in [1.807, 2.05) is 72.0 Å². The van der Waals surface area contributed by atoms with Gasteiger partial charge >= 0.3 is 0 Å². The van der Waals surface area contributed by atoms with Gasteiger partial charge in [-0.3, -0.25) is 0 Å². The fourth-order valence-corrected chi connectivity index (χ4v) is 6.71. The van der Waals surface area contributed by atoms with Crippen LogP contribution in [0, 0.1) is 0 Å². The van der Waals surface area contributed by atoms with Crippen LogP contribution < -0.4 is 0 Å². The Morgan fingerprint density at radius 1 is 0.410 bits per heavy atom. The summed E-state index contributed by atoms with van der Waals surface area (Å²) >= 11 is 1.84. The second-order valence-corrected chi connectivity index (χ2v) is 10.7. The molecule has 0 bridgehead atoms. The molecule has 0 aliphatic heterocycles. The largest absolute Gasteiger partial charge is 0.208 e. The number of benzene rings is 6. The van der Waals surface area contributed by atoms with Gasteiger partial charge in [0.05, 0.1) is 0 Å². The van der Waals surface area contributed by atoms with Crippen LogP contribution in [0.25, 0.3) is 75.9 Å². The fraction of sp³-hybridized carbons (Fsp3) is 0. The molecule has 6 aromatic carbocycles. The van der Waals surface area contributed by atoms with Gasteiger partial charge in [0.2, 0.25) is 0 Å². The molecule has 0 fully saturated rings. The van der Waals surface area contributed by atoms with Crippen LogP contribution in [-0.4, -0.2) is 15.0 Å². The fourth-order valence-electron chi connectivity index (χ4n) is 5.40. The Morgan fingerprint density at radius 2 is 0.974 bits per heavy atom. The summed E-state index contributed by atoms with van der Waals surface area (Å²) in [7, 11) is 0. The first-order valence-electron chi connectivity index (χ1n) is 13.0. The minimum Gasteiger partial charge on any atom is -0.208 e. The lowest BCUT2D eigenvalue weighted by molar-refractivity contribution is 1.07. The Morgan fingerprint density at radius 3 is 1.69 bits per heavy atom. The molecule has 0 radical (unpaired) electrons. The standard InChI is InChI=1S/C35H21N3S/c1-3-10-24(11-4-1)33-36-34(25-12-5-2-6-13-25)38-35(37-33)26-18-19-28-29-20-17-23-16-15-22-9-7-8-14-27(22)31(23)32(29)39-30(28)21-26/h1-21H. The smallest absolute Gasteiger partial charge is 0.164 e. The molecule has 0 amide bonds. The zero-order chi connectivity index (χ0) is 25.8. The van der Waals surface area contributed by atoms with Crippen molar-refractivity contribution in [2.45, 2.75) is 0 Å². The topological polar surface area (TPSA) is 38.7 Å². The van der Waals surface area contributed by atoms with Gasteiger partial charge in [-0.25, -0.2) is 15.0 Å². The third-order valence-electron chi connectivity index (χ3n) is 7.30. The van der Waals surface area contributed by atoms with Gasteiger partial charge in [-0.1, -0.05) is 121 Å². The molecule has 2 heterocycles. The maximum atomic E-state index is 4.93. The zero-order valence-corrected chi connectivity index (χ0v) is 21.7. The third kappa shape index (κ3) is 3.69. The maximum Gasteiger partial charge on any atom is 0.164 e. The van der Waals surface area contributed by atoms with E-state index >= 15 is 0 Å². The van der Waals surface area contributed by atoms with Crippen molar-refractivity contribution in [2.75, 3.05) is 0 Å². The average Bonchev–Trinajstić information content (AvgIpc) is 3.39. The normalized spacial score (nSPS) is 11.6. The highest BCUT2D eigenvalue weighted by Crippen LogP contribution is 2.42. The quantitative estimate of drug-likeness (QED) is 0.220. The average molecular weight is 516 g/mol. The molecule has 8 rings (SSSR count). The second kappa shape index (κ2) is 8.83. The number of hydrogen-bond acceptors (Lipinski definition) is 4. The molecule has 39 heavy (non-hydrogen) atoms. The number of nitrogens with zero attached hydrogens (tertiary/aromatic N) is 3. The summed E-state index contributed by atoms with van der Waals surface area (Å²) in [5.41, 5.74) is 2.93.